The fourth-order valence-electron chi connectivity index (χ4n) is 1.61. The van der Waals surface area contributed by atoms with Crippen molar-refractivity contribution in [2.24, 2.45) is 0 Å². The highest BCUT2D eigenvalue weighted by Crippen LogP contribution is 2.25. The summed E-state index contributed by atoms with van der Waals surface area (Å²) < 4.78 is 0. The van der Waals surface area contributed by atoms with Gasteiger partial charge < -0.3 is 5.73 Å². The Morgan fingerprint density at radius 3 is 2.53 bits per heavy atom. The SMILES string of the molecule is CC.Cc1c(N)ccc2c1C=CC(=O)C2. The first-order valence-electron chi connectivity index (χ1n) is 5.27. The zero-order valence-corrected chi connectivity index (χ0v) is 9.50. The first-order valence-corrected chi connectivity index (χ1v) is 5.27. The van der Waals surface area contributed by atoms with Gasteiger partial charge in [-0.3, -0.25) is 4.79 Å². The molecule has 1 aliphatic carbocycles. The zero-order chi connectivity index (χ0) is 11.4. The lowest BCUT2D eigenvalue weighted by molar-refractivity contribution is -0.114. The Bertz CT molecular complexity index is 405. The van der Waals surface area contributed by atoms with E-state index in [0.29, 0.717) is 6.42 Å². The van der Waals surface area contributed by atoms with E-state index in [0.717, 1.165) is 22.4 Å². The molecule has 2 rings (SSSR count). The van der Waals surface area contributed by atoms with Crippen molar-refractivity contribution in [3.8, 4) is 0 Å². The smallest absolute Gasteiger partial charge is 0.160 e. The number of nitrogens with two attached hydrogens (primary N) is 1. The van der Waals surface area contributed by atoms with Crippen molar-refractivity contribution in [1.82, 2.24) is 0 Å². The average molecular weight is 203 g/mol. The fourth-order valence-corrected chi connectivity index (χ4v) is 1.61. The summed E-state index contributed by atoms with van der Waals surface area (Å²) in [5.41, 5.74) is 9.81. The average Bonchev–Trinajstić information content (AvgIpc) is 2.26. The highest BCUT2D eigenvalue weighted by Gasteiger charge is 2.12. The molecule has 0 radical (unpaired) electrons. The largest absolute Gasteiger partial charge is 0.398 e. The molecule has 0 aromatic heterocycles. The standard InChI is InChI=1S/C11H11NO.C2H6/c1-7-10-4-3-9(13)6-8(10)2-5-11(7)12;1-2/h2-5H,6,12H2,1H3;1-2H3. The van der Waals surface area contributed by atoms with Crippen LogP contribution in [0.5, 0.6) is 0 Å². The number of rotatable bonds is 0. The number of fused-ring (bicyclic) bond motifs is 1. The summed E-state index contributed by atoms with van der Waals surface area (Å²) in [4.78, 5) is 11.1. The molecular formula is C13H17NO. The quantitative estimate of drug-likeness (QED) is 0.659. The predicted octanol–water partition coefficient (Wildman–Crippen LogP) is 2.74. The zero-order valence-electron chi connectivity index (χ0n) is 9.50. The van der Waals surface area contributed by atoms with Crippen molar-refractivity contribution in [2.45, 2.75) is 27.2 Å². The van der Waals surface area contributed by atoms with Gasteiger partial charge in [-0.05, 0) is 35.8 Å². The van der Waals surface area contributed by atoms with E-state index >= 15 is 0 Å². The number of carbonyl (C=O) groups excluding carboxylic acids is 1. The molecule has 1 aromatic rings. The normalized spacial score (nSPS) is 12.9. The molecule has 0 unspecified atom stereocenters. The number of hydrogen-bond donors (Lipinski definition) is 1. The predicted molar refractivity (Wildman–Crippen MR) is 64.7 cm³/mol. The van der Waals surface area contributed by atoms with Crippen molar-refractivity contribution in [3.05, 3.63) is 34.9 Å². The van der Waals surface area contributed by atoms with Gasteiger partial charge in [0.25, 0.3) is 0 Å². The van der Waals surface area contributed by atoms with E-state index in [1.165, 1.54) is 0 Å². The minimum atomic E-state index is 0.164. The van der Waals surface area contributed by atoms with Gasteiger partial charge in [-0.25, -0.2) is 0 Å². The summed E-state index contributed by atoms with van der Waals surface area (Å²) >= 11 is 0. The Labute approximate surface area is 90.8 Å². The van der Waals surface area contributed by atoms with Gasteiger partial charge in [0.05, 0.1) is 0 Å². The fraction of sp³-hybridized carbons (Fsp3) is 0.308. The van der Waals surface area contributed by atoms with E-state index in [2.05, 4.69) is 0 Å². The molecule has 80 valence electrons. The lowest BCUT2D eigenvalue weighted by Gasteiger charge is -2.13. The number of allylic oxidation sites excluding steroid dienone is 1. The molecule has 0 bridgehead atoms. The number of ketones is 1. The molecule has 0 heterocycles. The minimum Gasteiger partial charge on any atom is -0.398 e. The third-order valence-electron chi connectivity index (χ3n) is 2.45. The Morgan fingerprint density at radius 2 is 1.87 bits per heavy atom. The monoisotopic (exact) mass is 203 g/mol. The molecule has 0 aliphatic heterocycles. The molecule has 2 heteroatoms. The van der Waals surface area contributed by atoms with Gasteiger partial charge in [0.15, 0.2) is 5.78 Å². The second kappa shape index (κ2) is 4.78. The molecule has 0 atom stereocenters. The van der Waals surface area contributed by atoms with Gasteiger partial charge >= 0.3 is 0 Å². The third-order valence-corrected chi connectivity index (χ3v) is 2.45. The first-order chi connectivity index (χ1) is 7.18. The lowest BCUT2D eigenvalue weighted by Crippen LogP contribution is -2.07. The van der Waals surface area contributed by atoms with Crippen LogP contribution in [0.15, 0.2) is 18.2 Å². The van der Waals surface area contributed by atoms with Crippen molar-refractivity contribution < 1.29 is 4.79 Å². The summed E-state index contributed by atoms with van der Waals surface area (Å²) in [6.07, 6.45) is 3.98. The molecule has 15 heavy (non-hydrogen) atoms. The van der Waals surface area contributed by atoms with Crippen LogP contribution in [0.3, 0.4) is 0 Å². The van der Waals surface area contributed by atoms with Gasteiger partial charge in [0, 0.05) is 12.1 Å². The van der Waals surface area contributed by atoms with Crippen molar-refractivity contribution >= 4 is 17.5 Å². The van der Waals surface area contributed by atoms with Crippen molar-refractivity contribution in [3.63, 3.8) is 0 Å². The minimum absolute atomic E-state index is 0.164. The Hall–Kier alpha value is -1.57. The van der Waals surface area contributed by atoms with E-state index in [-0.39, 0.29) is 5.78 Å². The second-order valence-corrected chi connectivity index (χ2v) is 3.33. The Morgan fingerprint density at radius 1 is 1.20 bits per heavy atom. The summed E-state index contributed by atoms with van der Waals surface area (Å²) in [5, 5.41) is 0. The maximum Gasteiger partial charge on any atom is 0.160 e. The van der Waals surface area contributed by atoms with Gasteiger partial charge in [-0.2, -0.15) is 0 Å². The van der Waals surface area contributed by atoms with E-state index in [9.17, 15) is 4.79 Å². The van der Waals surface area contributed by atoms with E-state index in [4.69, 9.17) is 5.73 Å². The van der Waals surface area contributed by atoms with E-state index in [1.54, 1.807) is 6.08 Å². The highest BCUT2D eigenvalue weighted by atomic mass is 16.1. The maximum atomic E-state index is 11.1. The molecule has 1 aliphatic rings. The number of benzene rings is 1. The van der Waals surface area contributed by atoms with Gasteiger partial charge in [0.1, 0.15) is 0 Å². The number of anilines is 1. The van der Waals surface area contributed by atoms with Gasteiger partial charge in [-0.15, -0.1) is 0 Å². The molecular weight excluding hydrogens is 186 g/mol. The summed E-state index contributed by atoms with van der Waals surface area (Å²) in [7, 11) is 0. The lowest BCUT2D eigenvalue weighted by atomic mass is 9.92. The molecule has 2 nitrogen and oxygen atoms in total. The van der Waals surface area contributed by atoms with E-state index < -0.39 is 0 Å². The molecule has 0 fully saturated rings. The number of nitrogen functional groups attached to an aromatic ring is 1. The van der Waals surface area contributed by atoms with Crippen molar-refractivity contribution in [1.29, 1.82) is 0 Å². The topological polar surface area (TPSA) is 43.1 Å². The molecule has 0 saturated carbocycles. The third kappa shape index (κ3) is 2.27. The highest BCUT2D eigenvalue weighted by molar-refractivity contribution is 5.99. The van der Waals surface area contributed by atoms with Gasteiger partial charge in [-0.1, -0.05) is 26.0 Å². The van der Waals surface area contributed by atoms with E-state index in [1.807, 2.05) is 39.0 Å². The maximum absolute atomic E-state index is 11.1. The van der Waals surface area contributed by atoms with Crippen LogP contribution in [0.2, 0.25) is 0 Å². The Kier molecular flexibility index (Phi) is 3.67. The van der Waals surface area contributed by atoms with Crippen LogP contribution in [-0.2, 0) is 11.2 Å². The summed E-state index contributed by atoms with van der Waals surface area (Å²) in [5.74, 6) is 0.164. The molecule has 2 N–H and O–H groups in total. The van der Waals surface area contributed by atoms with Crippen molar-refractivity contribution in [2.75, 3.05) is 5.73 Å². The van der Waals surface area contributed by atoms with Crippen LogP contribution in [0.4, 0.5) is 5.69 Å². The molecule has 1 aromatic carbocycles. The molecule has 0 spiro atoms. The first kappa shape index (κ1) is 11.5. The van der Waals surface area contributed by atoms with Crippen LogP contribution in [0, 0.1) is 6.92 Å². The molecule has 0 saturated heterocycles. The van der Waals surface area contributed by atoms with Crippen LogP contribution in [0.1, 0.15) is 30.5 Å². The summed E-state index contributed by atoms with van der Waals surface area (Å²) in [6.45, 7) is 5.98. The Balaban J connectivity index is 0.000000531. The van der Waals surface area contributed by atoms with Crippen LogP contribution < -0.4 is 5.73 Å². The van der Waals surface area contributed by atoms with Crippen LogP contribution in [0.25, 0.3) is 6.08 Å². The van der Waals surface area contributed by atoms with Gasteiger partial charge in [0.2, 0.25) is 0 Å². The van der Waals surface area contributed by atoms with Crippen LogP contribution in [-0.4, -0.2) is 5.78 Å². The van der Waals surface area contributed by atoms with Crippen LogP contribution >= 0.6 is 0 Å². The summed E-state index contributed by atoms with van der Waals surface area (Å²) in [6, 6.07) is 3.79. The second-order valence-electron chi connectivity index (χ2n) is 3.33. The number of carbonyl (C=O) groups is 1. The number of hydrogen-bond acceptors (Lipinski definition) is 2. The molecule has 0 amide bonds.